The first-order valence-electron chi connectivity index (χ1n) is 6.89. The molecular formula is C16H20N4. The lowest BCUT2D eigenvalue weighted by atomic mass is 10.1. The van der Waals surface area contributed by atoms with E-state index in [1.165, 1.54) is 11.3 Å². The van der Waals surface area contributed by atoms with Crippen LogP contribution < -0.4 is 10.6 Å². The smallest absolute Gasteiger partial charge is 0.132 e. The fourth-order valence-corrected chi connectivity index (χ4v) is 2.87. The molecule has 4 nitrogen and oxygen atoms in total. The number of nitrogens with two attached hydrogens (primary N) is 1. The number of anilines is 2. The van der Waals surface area contributed by atoms with Crippen molar-refractivity contribution in [2.24, 2.45) is 0 Å². The van der Waals surface area contributed by atoms with Crippen molar-refractivity contribution in [3.05, 3.63) is 42.2 Å². The minimum atomic E-state index is 0.693. The summed E-state index contributed by atoms with van der Waals surface area (Å²) >= 11 is 0. The molecule has 0 amide bonds. The van der Waals surface area contributed by atoms with Gasteiger partial charge in [0, 0.05) is 31.4 Å². The zero-order valence-electron chi connectivity index (χ0n) is 12.1. The molecule has 1 aliphatic rings. The molecule has 2 heterocycles. The summed E-state index contributed by atoms with van der Waals surface area (Å²) in [6.45, 7) is 7.52. The van der Waals surface area contributed by atoms with Crippen LogP contribution in [-0.2, 0) is 13.0 Å². The van der Waals surface area contributed by atoms with E-state index >= 15 is 0 Å². The number of hydrogen-bond donors (Lipinski definition) is 1. The van der Waals surface area contributed by atoms with Crippen molar-refractivity contribution in [1.29, 1.82) is 0 Å². The van der Waals surface area contributed by atoms with Gasteiger partial charge in [0.1, 0.15) is 17.3 Å². The predicted octanol–water partition coefficient (Wildman–Crippen LogP) is 2.62. The first kappa shape index (κ1) is 12.8. The fourth-order valence-electron chi connectivity index (χ4n) is 2.87. The van der Waals surface area contributed by atoms with Gasteiger partial charge in [-0.1, -0.05) is 12.1 Å². The lowest BCUT2D eigenvalue weighted by Gasteiger charge is -2.12. The third kappa shape index (κ3) is 1.88. The molecule has 0 aliphatic carbocycles. The number of fused-ring (bicyclic) bond motifs is 1. The number of aryl methyl sites for hydroxylation is 1. The molecule has 104 valence electrons. The zero-order valence-corrected chi connectivity index (χ0v) is 12.1. The second kappa shape index (κ2) is 4.71. The number of nitrogens with zero attached hydrogens (tertiary/aromatic N) is 3. The van der Waals surface area contributed by atoms with Crippen LogP contribution in [0.1, 0.15) is 11.4 Å². The Morgan fingerprint density at radius 3 is 3.00 bits per heavy atom. The van der Waals surface area contributed by atoms with Gasteiger partial charge < -0.3 is 15.2 Å². The molecule has 0 spiro atoms. The second-order valence-corrected chi connectivity index (χ2v) is 5.31. The molecule has 2 N–H and O–H groups in total. The number of imidazole rings is 1. The number of rotatable bonds is 3. The second-order valence-electron chi connectivity index (χ2n) is 5.31. The minimum absolute atomic E-state index is 0.693. The van der Waals surface area contributed by atoms with Gasteiger partial charge in [-0.25, -0.2) is 4.98 Å². The third-order valence-corrected chi connectivity index (χ3v) is 3.99. The molecule has 1 aromatic heterocycles. The van der Waals surface area contributed by atoms with E-state index in [4.69, 9.17) is 5.73 Å². The summed E-state index contributed by atoms with van der Waals surface area (Å²) in [7, 11) is 2.13. The van der Waals surface area contributed by atoms with Gasteiger partial charge in [0.25, 0.3) is 0 Å². The summed E-state index contributed by atoms with van der Waals surface area (Å²) in [6.07, 6.45) is 2.93. The van der Waals surface area contributed by atoms with Crippen LogP contribution in [0.3, 0.4) is 0 Å². The van der Waals surface area contributed by atoms with Crippen molar-refractivity contribution < 1.29 is 0 Å². The average molecular weight is 268 g/mol. The highest BCUT2D eigenvalue weighted by atomic mass is 15.1. The largest absolute Gasteiger partial charge is 0.383 e. The molecule has 0 radical (unpaired) electrons. The van der Waals surface area contributed by atoms with Crippen molar-refractivity contribution in [2.45, 2.75) is 19.9 Å². The fraction of sp³-hybridized carbons (Fsp3) is 0.312. The molecule has 2 aromatic rings. The zero-order chi connectivity index (χ0) is 14.3. The minimum Gasteiger partial charge on any atom is -0.383 e. The molecule has 20 heavy (non-hydrogen) atoms. The molecule has 1 aliphatic heterocycles. The molecule has 3 rings (SSSR count). The Morgan fingerprint density at radius 1 is 1.45 bits per heavy atom. The number of likely N-dealkylation sites (N-methyl/N-ethyl adjacent to an activating group) is 1. The maximum absolute atomic E-state index is 6.24. The first-order valence-corrected chi connectivity index (χ1v) is 6.89. The highest BCUT2D eigenvalue weighted by Crippen LogP contribution is 2.33. The van der Waals surface area contributed by atoms with Crippen molar-refractivity contribution in [3.63, 3.8) is 0 Å². The maximum Gasteiger partial charge on any atom is 0.132 e. The van der Waals surface area contributed by atoms with Crippen LogP contribution in [0.4, 0.5) is 11.5 Å². The van der Waals surface area contributed by atoms with Crippen molar-refractivity contribution in [3.8, 4) is 11.3 Å². The summed E-state index contributed by atoms with van der Waals surface area (Å²) in [5.41, 5.74) is 10.9. The number of aromatic nitrogens is 2. The van der Waals surface area contributed by atoms with Gasteiger partial charge in [0.2, 0.25) is 0 Å². The summed E-state index contributed by atoms with van der Waals surface area (Å²) in [4.78, 5) is 6.90. The Balaban J connectivity index is 2.06. The average Bonchev–Trinajstić information content (AvgIpc) is 2.94. The van der Waals surface area contributed by atoms with Crippen LogP contribution >= 0.6 is 0 Å². The van der Waals surface area contributed by atoms with Crippen LogP contribution in [0.2, 0.25) is 0 Å². The van der Waals surface area contributed by atoms with E-state index in [1.54, 1.807) is 0 Å². The number of allylic oxidation sites excluding steroid dienone is 1. The standard InChI is InChI=1S/C16H20N4/c1-4-8-20-11(2)18-15(16(20)17)13-5-6-14-12(10-13)7-9-19(14)3/h4-6,10H,1,7-9,17H2,2-3H3. The topological polar surface area (TPSA) is 47.1 Å². The summed E-state index contributed by atoms with van der Waals surface area (Å²) in [5.74, 6) is 1.64. The Hall–Kier alpha value is -2.23. The maximum atomic E-state index is 6.24. The van der Waals surface area contributed by atoms with Crippen molar-refractivity contribution in [2.75, 3.05) is 24.2 Å². The molecule has 0 bridgehead atoms. The van der Waals surface area contributed by atoms with Crippen LogP contribution in [-0.4, -0.2) is 23.1 Å². The number of benzene rings is 1. The molecule has 0 unspecified atom stereocenters. The van der Waals surface area contributed by atoms with Gasteiger partial charge in [-0.15, -0.1) is 6.58 Å². The van der Waals surface area contributed by atoms with E-state index in [1.807, 2.05) is 17.6 Å². The molecule has 4 heteroatoms. The number of hydrogen-bond acceptors (Lipinski definition) is 3. The van der Waals surface area contributed by atoms with Crippen LogP contribution in [0.25, 0.3) is 11.3 Å². The van der Waals surface area contributed by atoms with Crippen molar-refractivity contribution >= 4 is 11.5 Å². The van der Waals surface area contributed by atoms with Crippen molar-refractivity contribution in [1.82, 2.24) is 9.55 Å². The predicted molar refractivity (Wildman–Crippen MR) is 84.0 cm³/mol. The molecular weight excluding hydrogens is 248 g/mol. The molecule has 0 atom stereocenters. The van der Waals surface area contributed by atoms with Gasteiger partial charge in [-0.05, 0) is 31.0 Å². The van der Waals surface area contributed by atoms with Gasteiger partial charge in [0.05, 0.1) is 0 Å². The number of nitrogen functional groups attached to an aromatic ring is 1. The highest BCUT2D eigenvalue weighted by Gasteiger charge is 2.18. The quantitative estimate of drug-likeness (QED) is 0.870. The summed E-state index contributed by atoms with van der Waals surface area (Å²) in [5, 5.41) is 0. The van der Waals surface area contributed by atoms with Gasteiger partial charge >= 0.3 is 0 Å². The highest BCUT2D eigenvalue weighted by molar-refractivity contribution is 5.75. The van der Waals surface area contributed by atoms with Crippen LogP contribution in [0.15, 0.2) is 30.9 Å². The van der Waals surface area contributed by atoms with E-state index in [0.29, 0.717) is 12.4 Å². The van der Waals surface area contributed by atoms with Crippen LogP contribution in [0.5, 0.6) is 0 Å². The molecule has 0 saturated heterocycles. The Morgan fingerprint density at radius 2 is 2.25 bits per heavy atom. The lowest BCUT2D eigenvalue weighted by molar-refractivity contribution is 0.792. The van der Waals surface area contributed by atoms with Gasteiger partial charge in [-0.3, -0.25) is 0 Å². The van der Waals surface area contributed by atoms with Gasteiger partial charge in [0.15, 0.2) is 0 Å². The third-order valence-electron chi connectivity index (χ3n) is 3.99. The SMILES string of the molecule is C=CCn1c(C)nc(-c2ccc3c(c2)CCN3C)c1N. The normalized spacial score (nSPS) is 13.6. The summed E-state index contributed by atoms with van der Waals surface area (Å²) in [6, 6.07) is 6.49. The van der Waals surface area contributed by atoms with Crippen LogP contribution in [0, 0.1) is 6.92 Å². The molecule has 0 saturated carbocycles. The lowest BCUT2D eigenvalue weighted by Crippen LogP contribution is -2.12. The van der Waals surface area contributed by atoms with E-state index in [0.717, 1.165) is 30.0 Å². The Labute approximate surface area is 119 Å². The summed E-state index contributed by atoms with van der Waals surface area (Å²) < 4.78 is 1.99. The molecule has 0 fully saturated rings. The first-order chi connectivity index (χ1) is 9.61. The van der Waals surface area contributed by atoms with E-state index in [9.17, 15) is 0 Å². The Bertz CT molecular complexity index is 669. The Kier molecular flexibility index (Phi) is 3.01. The molecule has 1 aromatic carbocycles. The van der Waals surface area contributed by atoms with E-state index < -0.39 is 0 Å². The van der Waals surface area contributed by atoms with Gasteiger partial charge in [-0.2, -0.15) is 0 Å². The van der Waals surface area contributed by atoms with E-state index in [2.05, 4.69) is 41.7 Å². The van der Waals surface area contributed by atoms with E-state index in [-0.39, 0.29) is 0 Å². The monoisotopic (exact) mass is 268 g/mol.